The number of aromatic nitrogens is 2. The van der Waals surface area contributed by atoms with E-state index in [1.54, 1.807) is 4.68 Å². The lowest BCUT2D eigenvalue weighted by Gasteiger charge is -1.98. The molecule has 1 N–H and O–H groups in total. The van der Waals surface area contributed by atoms with Gasteiger partial charge in [-0.1, -0.05) is 19.8 Å². The smallest absolute Gasteiger partial charge is 0.183 e. The van der Waals surface area contributed by atoms with Crippen LogP contribution in [0.2, 0.25) is 0 Å². The maximum Gasteiger partial charge on any atom is 0.183 e. The molecule has 0 bridgehead atoms. The van der Waals surface area contributed by atoms with Crippen LogP contribution < -0.4 is 0 Å². The van der Waals surface area contributed by atoms with Crippen molar-refractivity contribution in [1.29, 1.82) is 0 Å². The highest BCUT2D eigenvalue weighted by Gasteiger charge is 2.11. The molecule has 0 aliphatic heterocycles. The van der Waals surface area contributed by atoms with E-state index in [4.69, 9.17) is 0 Å². The predicted molar refractivity (Wildman–Crippen MR) is 53.4 cm³/mol. The van der Waals surface area contributed by atoms with Crippen LogP contribution in [-0.4, -0.2) is 20.7 Å². The van der Waals surface area contributed by atoms with Gasteiger partial charge in [0.15, 0.2) is 17.2 Å². The van der Waals surface area contributed by atoms with E-state index in [0.717, 1.165) is 25.8 Å². The summed E-state index contributed by atoms with van der Waals surface area (Å²) in [6, 6.07) is 0. The van der Waals surface area contributed by atoms with Crippen LogP contribution >= 0.6 is 0 Å². The summed E-state index contributed by atoms with van der Waals surface area (Å²) >= 11 is 0. The standard InChI is InChI=1S/C10H16N2O2/c1-3-4-5-6-12-7-9(14)10(11-12)8(2)13/h7,14H,3-6H2,1-2H3. The molecule has 1 heterocycles. The lowest BCUT2D eigenvalue weighted by atomic mass is 10.2. The first-order valence-corrected chi connectivity index (χ1v) is 4.92. The van der Waals surface area contributed by atoms with Crippen molar-refractivity contribution < 1.29 is 9.90 Å². The van der Waals surface area contributed by atoms with Crippen molar-refractivity contribution in [2.45, 2.75) is 39.7 Å². The molecule has 0 spiro atoms. The normalized spacial score (nSPS) is 10.4. The molecular weight excluding hydrogens is 180 g/mol. The number of aromatic hydroxyl groups is 1. The second kappa shape index (κ2) is 4.79. The Morgan fingerprint density at radius 3 is 2.79 bits per heavy atom. The van der Waals surface area contributed by atoms with E-state index in [1.165, 1.54) is 13.1 Å². The van der Waals surface area contributed by atoms with Gasteiger partial charge < -0.3 is 5.11 Å². The number of ketones is 1. The summed E-state index contributed by atoms with van der Waals surface area (Å²) in [5, 5.41) is 13.4. The molecule has 0 radical (unpaired) electrons. The average molecular weight is 196 g/mol. The van der Waals surface area contributed by atoms with Gasteiger partial charge in [0.1, 0.15) is 0 Å². The fourth-order valence-electron chi connectivity index (χ4n) is 1.30. The van der Waals surface area contributed by atoms with Gasteiger partial charge in [-0.2, -0.15) is 5.10 Å². The number of unbranched alkanes of at least 4 members (excludes halogenated alkanes) is 2. The molecule has 0 amide bonds. The zero-order valence-electron chi connectivity index (χ0n) is 8.66. The first kappa shape index (κ1) is 10.8. The van der Waals surface area contributed by atoms with Crippen molar-refractivity contribution in [2.75, 3.05) is 0 Å². The van der Waals surface area contributed by atoms with Gasteiger partial charge in [-0.15, -0.1) is 0 Å². The number of hydrogen-bond acceptors (Lipinski definition) is 3. The van der Waals surface area contributed by atoms with Crippen molar-refractivity contribution in [3.8, 4) is 5.75 Å². The van der Waals surface area contributed by atoms with Gasteiger partial charge in [0.25, 0.3) is 0 Å². The predicted octanol–water partition coefficient (Wildman–Crippen LogP) is 1.98. The molecule has 0 saturated heterocycles. The molecule has 4 heteroatoms. The number of carbonyl (C=O) groups excluding carboxylic acids is 1. The Balaban J connectivity index is 2.62. The number of Topliss-reactive ketones (excluding diaryl/α,β-unsaturated/α-hetero) is 1. The first-order chi connectivity index (χ1) is 6.65. The molecule has 1 aromatic heterocycles. The van der Waals surface area contributed by atoms with E-state index in [1.807, 2.05) is 0 Å². The Morgan fingerprint density at radius 1 is 1.57 bits per heavy atom. The topological polar surface area (TPSA) is 55.1 Å². The van der Waals surface area contributed by atoms with Crippen LogP contribution in [0.3, 0.4) is 0 Å². The minimum absolute atomic E-state index is 0.0194. The average Bonchev–Trinajstić information content (AvgIpc) is 2.47. The van der Waals surface area contributed by atoms with Gasteiger partial charge in [0.05, 0.1) is 6.20 Å². The summed E-state index contributed by atoms with van der Waals surface area (Å²) in [5.74, 6) is -0.217. The number of aryl methyl sites for hydroxylation is 1. The fourth-order valence-corrected chi connectivity index (χ4v) is 1.30. The van der Waals surface area contributed by atoms with Crippen LogP contribution in [0.1, 0.15) is 43.6 Å². The highest BCUT2D eigenvalue weighted by molar-refractivity contribution is 5.94. The number of carbonyl (C=O) groups is 1. The SMILES string of the molecule is CCCCCn1cc(O)c(C(C)=O)n1. The van der Waals surface area contributed by atoms with E-state index >= 15 is 0 Å². The molecular formula is C10H16N2O2. The Kier molecular flexibility index (Phi) is 3.68. The van der Waals surface area contributed by atoms with Gasteiger partial charge in [0.2, 0.25) is 0 Å². The zero-order valence-corrected chi connectivity index (χ0v) is 8.66. The lowest BCUT2D eigenvalue weighted by molar-refractivity contribution is 0.101. The van der Waals surface area contributed by atoms with Crippen LogP contribution in [0.25, 0.3) is 0 Å². The van der Waals surface area contributed by atoms with Crippen molar-refractivity contribution in [2.24, 2.45) is 0 Å². The zero-order chi connectivity index (χ0) is 10.6. The van der Waals surface area contributed by atoms with Gasteiger partial charge in [-0.3, -0.25) is 9.48 Å². The lowest BCUT2D eigenvalue weighted by Crippen LogP contribution is -2.01. The Labute approximate surface area is 83.5 Å². The minimum atomic E-state index is -0.197. The molecule has 14 heavy (non-hydrogen) atoms. The molecule has 0 aliphatic rings. The summed E-state index contributed by atoms with van der Waals surface area (Å²) in [4.78, 5) is 11.0. The summed E-state index contributed by atoms with van der Waals surface area (Å²) < 4.78 is 1.63. The first-order valence-electron chi connectivity index (χ1n) is 4.92. The molecule has 4 nitrogen and oxygen atoms in total. The van der Waals surface area contributed by atoms with E-state index in [2.05, 4.69) is 12.0 Å². The van der Waals surface area contributed by atoms with E-state index in [9.17, 15) is 9.90 Å². The van der Waals surface area contributed by atoms with Crippen molar-refractivity contribution in [3.05, 3.63) is 11.9 Å². The second-order valence-electron chi connectivity index (χ2n) is 3.39. The molecule has 0 aliphatic carbocycles. The van der Waals surface area contributed by atoms with Crippen molar-refractivity contribution in [3.63, 3.8) is 0 Å². The molecule has 0 fully saturated rings. The molecule has 0 unspecified atom stereocenters. The molecule has 0 saturated carbocycles. The highest BCUT2D eigenvalue weighted by atomic mass is 16.3. The number of nitrogens with zero attached hydrogens (tertiary/aromatic N) is 2. The van der Waals surface area contributed by atoms with Crippen LogP contribution in [-0.2, 0) is 6.54 Å². The van der Waals surface area contributed by atoms with Crippen molar-refractivity contribution >= 4 is 5.78 Å². The van der Waals surface area contributed by atoms with Crippen LogP contribution in [0, 0.1) is 0 Å². The highest BCUT2D eigenvalue weighted by Crippen LogP contribution is 2.15. The maximum absolute atomic E-state index is 11.0. The summed E-state index contributed by atoms with van der Waals surface area (Å²) in [6.45, 7) is 4.29. The second-order valence-corrected chi connectivity index (χ2v) is 3.39. The Hall–Kier alpha value is -1.32. The molecule has 78 valence electrons. The minimum Gasteiger partial charge on any atom is -0.504 e. The quantitative estimate of drug-likeness (QED) is 0.578. The molecule has 0 aromatic carbocycles. The maximum atomic E-state index is 11.0. The fraction of sp³-hybridized carbons (Fsp3) is 0.600. The number of rotatable bonds is 5. The van der Waals surface area contributed by atoms with Gasteiger partial charge in [-0.25, -0.2) is 0 Å². The largest absolute Gasteiger partial charge is 0.504 e. The van der Waals surface area contributed by atoms with Crippen molar-refractivity contribution in [1.82, 2.24) is 9.78 Å². The third kappa shape index (κ3) is 2.58. The molecule has 1 aromatic rings. The monoisotopic (exact) mass is 196 g/mol. The number of hydrogen-bond donors (Lipinski definition) is 1. The molecule has 1 rings (SSSR count). The summed E-state index contributed by atoms with van der Waals surface area (Å²) in [6.07, 6.45) is 4.81. The van der Waals surface area contributed by atoms with E-state index < -0.39 is 0 Å². The summed E-state index contributed by atoms with van der Waals surface area (Å²) in [5.41, 5.74) is 0.168. The third-order valence-electron chi connectivity index (χ3n) is 2.07. The van der Waals surface area contributed by atoms with Crippen LogP contribution in [0.4, 0.5) is 0 Å². The van der Waals surface area contributed by atoms with Gasteiger partial charge in [-0.05, 0) is 6.42 Å². The van der Waals surface area contributed by atoms with E-state index in [0.29, 0.717) is 0 Å². The Morgan fingerprint density at radius 2 is 2.29 bits per heavy atom. The van der Waals surface area contributed by atoms with Gasteiger partial charge in [0, 0.05) is 13.5 Å². The van der Waals surface area contributed by atoms with Gasteiger partial charge >= 0.3 is 0 Å². The van der Waals surface area contributed by atoms with E-state index in [-0.39, 0.29) is 17.2 Å². The Bertz CT molecular complexity index is 318. The van der Waals surface area contributed by atoms with Crippen LogP contribution in [0.5, 0.6) is 5.75 Å². The third-order valence-corrected chi connectivity index (χ3v) is 2.07. The van der Waals surface area contributed by atoms with Crippen LogP contribution in [0.15, 0.2) is 6.20 Å². The molecule has 0 atom stereocenters. The summed E-state index contributed by atoms with van der Waals surface area (Å²) in [7, 11) is 0.